The highest BCUT2D eigenvalue weighted by Gasteiger charge is 2.16. The van der Waals surface area contributed by atoms with E-state index in [2.05, 4.69) is 10.2 Å². The molecule has 2 rings (SSSR count). The Kier molecular flexibility index (Phi) is 2.63. The van der Waals surface area contributed by atoms with Crippen molar-refractivity contribution in [2.75, 3.05) is 0 Å². The number of benzene rings is 1. The van der Waals surface area contributed by atoms with Crippen LogP contribution in [0.2, 0.25) is 0 Å². The van der Waals surface area contributed by atoms with E-state index in [0.29, 0.717) is 17.3 Å². The number of hydrogen-bond donors (Lipinski definition) is 3. The molecule has 0 atom stereocenters. The first-order valence-corrected chi connectivity index (χ1v) is 5.29. The summed E-state index contributed by atoms with van der Waals surface area (Å²) in [7, 11) is 0. The smallest absolute Gasteiger partial charge is 0.357 e. The lowest BCUT2D eigenvalue weighted by atomic mass is 9.97. The van der Waals surface area contributed by atoms with Crippen molar-refractivity contribution in [2.24, 2.45) is 0 Å². The molecule has 0 fully saturated rings. The molecule has 0 aliphatic carbocycles. The normalized spacial score (nSPS) is 11.9. The zero-order valence-electron chi connectivity index (χ0n) is 9.69. The largest absolute Gasteiger partial charge is 0.476 e. The lowest BCUT2D eigenvalue weighted by molar-refractivity contribution is 0.0692. The molecule has 5 heteroatoms. The van der Waals surface area contributed by atoms with Gasteiger partial charge in [0.05, 0.1) is 11.1 Å². The molecule has 0 saturated heterocycles. The van der Waals surface area contributed by atoms with Crippen LogP contribution in [-0.2, 0) is 6.42 Å². The molecule has 90 valence electrons. The maximum atomic E-state index is 10.9. The van der Waals surface area contributed by atoms with E-state index in [1.807, 2.05) is 6.07 Å². The maximum Gasteiger partial charge on any atom is 0.357 e. The number of nitrogens with zero attached hydrogens (tertiary/aromatic N) is 1. The Hall–Kier alpha value is -1.88. The van der Waals surface area contributed by atoms with E-state index in [1.54, 1.807) is 26.0 Å². The van der Waals surface area contributed by atoms with E-state index in [9.17, 15) is 9.90 Å². The SMILES string of the molecule is CC(C)(O)Cc1ccc2[nH]nc(C(=O)O)c2c1. The molecule has 2 aromatic rings. The summed E-state index contributed by atoms with van der Waals surface area (Å²) in [6, 6.07) is 5.38. The van der Waals surface area contributed by atoms with Crippen LogP contribution in [0, 0.1) is 0 Å². The van der Waals surface area contributed by atoms with Gasteiger partial charge in [-0.15, -0.1) is 0 Å². The number of carbonyl (C=O) groups is 1. The first kappa shape index (κ1) is 11.6. The molecule has 5 nitrogen and oxygen atoms in total. The van der Waals surface area contributed by atoms with Gasteiger partial charge < -0.3 is 10.2 Å². The van der Waals surface area contributed by atoms with Crippen molar-refractivity contribution in [1.29, 1.82) is 0 Å². The fourth-order valence-electron chi connectivity index (χ4n) is 1.83. The Bertz CT molecular complexity index is 567. The number of aliphatic hydroxyl groups is 1. The van der Waals surface area contributed by atoms with Crippen LogP contribution in [0.25, 0.3) is 10.9 Å². The monoisotopic (exact) mass is 234 g/mol. The first-order valence-electron chi connectivity index (χ1n) is 5.29. The molecular formula is C12H14N2O3. The molecule has 3 N–H and O–H groups in total. The highest BCUT2D eigenvalue weighted by atomic mass is 16.4. The lowest BCUT2D eigenvalue weighted by Gasteiger charge is -2.16. The Morgan fingerprint density at radius 1 is 1.47 bits per heavy atom. The molecule has 1 heterocycles. The predicted molar refractivity (Wildman–Crippen MR) is 63.1 cm³/mol. The molecule has 0 aliphatic heterocycles. The minimum atomic E-state index is -1.06. The van der Waals surface area contributed by atoms with Crippen molar-refractivity contribution in [1.82, 2.24) is 10.2 Å². The molecule has 0 amide bonds. The van der Waals surface area contributed by atoms with E-state index in [4.69, 9.17) is 5.11 Å². The Labute approximate surface area is 98.1 Å². The summed E-state index contributed by atoms with van der Waals surface area (Å²) in [5.41, 5.74) is 0.759. The van der Waals surface area contributed by atoms with Gasteiger partial charge >= 0.3 is 5.97 Å². The zero-order valence-corrected chi connectivity index (χ0v) is 9.69. The summed E-state index contributed by atoms with van der Waals surface area (Å²) in [5.74, 6) is -1.06. The first-order chi connectivity index (χ1) is 7.87. The second kappa shape index (κ2) is 3.85. The number of rotatable bonds is 3. The van der Waals surface area contributed by atoms with Crippen molar-refractivity contribution >= 4 is 16.9 Å². The van der Waals surface area contributed by atoms with Crippen LogP contribution in [0.3, 0.4) is 0 Å². The summed E-state index contributed by atoms with van der Waals surface area (Å²) >= 11 is 0. The van der Waals surface area contributed by atoms with Crippen LogP contribution in [-0.4, -0.2) is 32.0 Å². The van der Waals surface area contributed by atoms with Gasteiger partial charge in [-0.3, -0.25) is 5.10 Å². The van der Waals surface area contributed by atoms with Crippen molar-refractivity contribution in [3.05, 3.63) is 29.5 Å². The number of fused-ring (bicyclic) bond motifs is 1. The van der Waals surface area contributed by atoms with E-state index >= 15 is 0 Å². The van der Waals surface area contributed by atoms with Gasteiger partial charge in [-0.05, 0) is 31.5 Å². The van der Waals surface area contributed by atoms with Crippen LogP contribution in [0.5, 0.6) is 0 Å². The molecule has 0 saturated carbocycles. The van der Waals surface area contributed by atoms with Crippen LogP contribution < -0.4 is 0 Å². The molecule has 1 aromatic carbocycles. The second-order valence-corrected chi connectivity index (χ2v) is 4.75. The Balaban J connectivity index is 2.48. The highest BCUT2D eigenvalue weighted by Crippen LogP contribution is 2.20. The molecular weight excluding hydrogens is 220 g/mol. The topological polar surface area (TPSA) is 86.2 Å². The van der Waals surface area contributed by atoms with Gasteiger partial charge in [0.15, 0.2) is 5.69 Å². The molecule has 1 aromatic heterocycles. The third kappa shape index (κ3) is 2.45. The lowest BCUT2D eigenvalue weighted by Crippen LogP contribution is -2.21. The van der Waals surface area contributed by atoms with Gasteiger partial charge in [-0.1, -0.05) is 6.07 Å². The van der Waals surface area contributed by atoms with Gasteiger partial charge in [-0.25, -0.2) is 4.79 Å². The number of carboxylic acids is 1. The van der Waals surface area contributed by atoms with Gasteiger partial charge in [-0.2, -0.15) is 5.10 Å². The van der Waals surface area contributed by atoms with Gasteiger partial charge in [0, 0.05) is 11.8 Å². The van der Waals surface area contributed by atoms with Gasteiger partial charge in [0.25, 0.3) is 0 Å². The Morgan fingerprint density at radius 2 is 2.18 bits per heavy atom. The number of hydrogen-bond acceptors (Lipinski definition) is 3. The number of aromatic carboxylic acids is 1. The van der Waals surface area contributed by atoms with Crippen LogP contribution in [0.15, 0.2) is 18.2 Å². The van der Waals surface area contributed by atoms with Crippen molar-refractivity contribution < 1.29 is 15.0 Å². The van der Waals surface area contributed by atoms with Crippen molar-refractivity contribution in [2.45, 2.75) is 25.9 Å². The third-order valence-corrected chi connectivity index (χ3v) is 2.47. The van der Waals surface area contributed by atoms with Gasteiger partial charge in [0.2, 0.25) is 0 Å². The molecule has 0 radical (unpaired) electrons. The standard InChI is InChI=1S/C12H14N2O3/c1-12(2,17)6-7-3-4-9-8(5-7)10(11(15)16)14-13-9/h3-5,17H,6H2,1-2H3,(H,13,14)(H,15,16). The molecule has 0 spiro atoms. The summed E-state index contributed by atoms with van der Waals surface area (Å²) in [5, 5.41) is 25.7. The highest BCUT2D eigenvalue weighted by molar-refractivity contribution is 6.01. The van der Waals surface area contributed by atoms with Gasteiger partial charge in [0.1, 0.15) is 0 Å². The zero-order chi connectivity index (χ0) is 12.6. The van der Waals surface area contributed by atoms with Crippen LogP contribution >= 0.6 is 0 Å². The number of H-pyrrole nitrogens is 1. The van der Waals surface area contributed by atoms with E-state index < -0.39 is 11.6 Å². The average Bonchev–Trinajstić information content (AvgIpc) is 2.57. The van der Waals surface area contributed by atoms with E-state index in [1.165, 1.54) is 0 Å². The molecule has 17 heavy (non-hydrogen) atoms. The summed E-state index contributed by atoms with van der Waals surface area (Å²) in [4.78, 5) is 10.9. The molecule has 0 aliphatic rings. The summed E-state index contributed by atoms with van der Waals surface area (Å²) in [6.07, 6.45) is 0.465. The fraction of sp³-hybridized carbons (Fsp3) is 0.333. The summed E-state index contributed by atoms with van der Waals surface area (Å²) < 4.78 is 0. The predicted octanol–water partition coefficient (Wildman–Crippen LogP) is 1.57. The van der Waals surface area contributed by atoms with Crippen molar-refractivity contribution in [3.8, 4) is 0 Å². The number of carboxylic acid groups (broad SMARTS) is 1. The number of aromatic nitrogens is 2. The minimum absolute atomic E-state index is 0.0117. The second-order valence-electron chi connectivity index (χ2n) is 4.75. The molecule has 0 bridgehead atoms. The number of nitrogens with one attached hydrogen (secondary N) is 1. The number of aromatic amines is 1. The van der Waals surface area contributed by atoms with E-state index in [-0.39, 0.29) is 5.69 Å². The third-order valence-electron chi connectivity index (χ3n) is 2.47. The average molecular weight is 234 g/mol. The van der Waals surface area contributed by atoms with Crippen LogP contribution in [0.4, 0.5) is 0 Å². The van der Waals surface area contributed by atoms with E-state index in [0.717, 1.165) is 5.56 Å². The minimum Gasteiger partial charge on any atom is -0.476 e. The quantitative estimate of drug-likeness (QED) is 0.752. The maximum absolute atomic E-state index is 10.9. The van der Waals surface area contributed by atoms with Crippen molar-refractivity contribution in [3.63, 3.8) is 0 Å². The van der Waals surface area contributed by atoms with Crippen LogP contribution in [0.1, 0.15) is 29.9 Å². The Morgan fingerprint density at radius 3 is 2.76 bits per heavy atom. The molecule has 0 unspecified atom stereocenters. The fourth-order valence-corrected chi connectivity index (χ4v) is 1.83. The summed E-state index contributed by atoms with van der Waals surface area (Å²) in [6.45, 7) is 3.43.